The van der Waals surface area contributed by atoms with E-state index in [0.717, 1.165) is 13.0 Å². The van der Waals surface area contributed by atoms with Crippen LogP contribution >= 0.6 is 0 Å². The van der Waals surface area contributed by atoms with Gasteiger partial charge in [0.25, 0.3) is 0 Å². The molecule has 2 heteroatoms. The lowest BCUT2D eigenvalue weighted by Crippen LogP contribution is -2.07. The van der Waals surface area contributed by atoms with Crippen LogP contribution in [0.4, 0.5) is 0 Å². The smallest absolute Gasteiger partial charge is 0.0834 e. The van der Waals surface area contributed by atoms with E-state index in [9.17, 15) is 0 Å². The number of epoxide rings is 1. The van der Waals surface area contributed by atoms with Crippen LogP contribution < -0.4 is 0 Å². The van der Waals surface area contributed by atoms with Crippen LogP contribution in [0, 0.1) is 0 Å². The van der Waals surface area contributed by atoms with Gasteiger partial charge in [0.15, 0.2) is 0 Å². The van der Waals surface area contributed by atoms with E-state index in [2.05, 4.69) is 6.58 Å². The third kappa shape index (κ3) is 2.63. The Morgan fingerprint density at radius 3 is 3.00 bits per heavy atom. The quantitative estimate of drug-likeness (QED) is 0.447. The third-order valence-electron chi connectivity index (χ3n) is 1.38. The van der Waals surface area contributed by atoms with E-state index in [-0.39, 0.29) is 6.10 Å². The first-order chi connectivity index (χ1) is 4.33. The van der Waals surface area contributed by atoms with Crippen LogP contribution in [-0.2, 0) is 4.74 Å². The summed E-state index contributed by atoms with van der Waals surface area (Å²) in [6.07, 6.45) is 3.27. The second-order valence-electron chi connectivity index (χ2n) is 2.37. The Bertz CT molecular complexity index is 97.1. The molecule has 52 valence electrons. The van der Waals surface area contributed by atoms with Crippen molar-refractivity contribution in [1.29, 1.82) is 0 Å². The Balaban J connectivity index is 2.01. The molecular weight excluding hydrogens is 116 g/mol. The standard InChI is InChI=1S/C7H12O2/c1-2-3-6(8)4-7-5-9-7/h2,6-8H,1,3-5H2/t6-,7-/m0/s1. The number of ether oxygens (including phenoxy) is 1. The van der Waals surface area contributed by atoms with Crippen LogP contribution in [0.3, 0.4) is 0 Å². The predicted octanol–water partition coefficient (Wildman–Crippen LogP) is 0.712. The highest BCUT2D eigenvalue weighted by Crippen LogP contribution is 2.16. The van der Waals surface area contributed by atoms with Gasteiger partial charge in [0.05, 0.1) is 18.8 Å². The number of rotatable bonds is 4. The molecule has 0 radical (unpaired) electrons. The minimum Gasteiger partial charge on any atom is -0.393 e. The first kappa shape index (κ1) is 6.78. The Kier molecular flexibility index (Phi) is 2.25. The Labute approximate surface area is 55.1 Å². The fourth-order valence-electron chi connectivity index (χ4n) is 0.796. The molecule has 0 saturated carbocycles. The van der Waals surface area contributed by atoms with Gasteiger partial charge in [-0.15, -0.1) is 6.58 Å². The summed E-state index contributed by atoms with van der Waals surface area (Å²) in [5, 5.41) is 9.11. The summed E-state index contributed by atoms with van der Waals surface area (Å²) in [7, 11) is 0. The molecule has 1 rings (SSSR count). The summed E-state index contributed by atoms with van der Waals surface area (Å²) >= 11 is 0. The van der Waals surface area contributed by atoms with Crippen molar-refractivity contribution < 1.29 is 9.84 Å². The van der Waals surface area contributed by atoms with E-state index in [0.29, 0.717) is 12.5 Å². The molecule has 1 aliphatic rings. The first-order valence-corrected chi connectivity index (χ1v) is 3.23. The van der Waals surface area contributed by atoms with Gasteiger partial charge in [0.2, 0.25) is 0 Å². The predicted molar refractivity (Wildman–Crippen MR) is 35.2 cm³/mol. The van der Waals surface area contributed by atoms with Crippen molar-refractivity contribution in [2.24, 2.45) is 0 Å². The van der Waals surface area contributed by atoms with Crippen LogP contribution in [0.2, 0.25) is 0 Å². The highest BCUT2D eigenvalue weighted by atomic mass is 16.6. The maximum atomic E-state index is 9.11. The normalized spacial score (nSPS) is 27.4. The van der Waals surface area contributed by atoms with E-state index in [1.54, 1.807) is 6.08 Å². The van der Waals surface area contributed by atoms with Crippen molar-refractivity contribution in [2.75, 3.05) is 6.61 Å². The van der Waals surface area contributed by atoms with Crippen LogP contribution in [0.15, 0.2) is 12.7 Å². The van der Waals surface area contributed by atoms with Crippen LogP contribution in [0.5, 0.6) is 0 Å². The molecular formula is C7H12O2. The van der Waals surface area contributed by atoms with Gasteiger partial charge in [-0.3, -0.25) is 0 Å². The van der Waals surface area contributed by atoms with Crippen LogP contribution in [0.1, 0.15) is 12.8 Å². The van der Waals surface area contributed by atoms with Gasteiger partial charge in [0, 0.05) is 6.42 Å². The van der Waals surface area contributed by atoms with E-state index >= 15 is 0 Å². The van der Waals surface area contributed by atoms with E-state index in [1.165, 1.54) is 0 Å². The fraction of sp³-hybridized carbons (Fsp3) is 0.714. The van der Waals surface area contributed by atoms with Gasteiger partial charge in [-0.2, -0.15) is 0 Å². The number of aliphatic hydroxyl groups is 1. The maximum Gasteiger partial charge on any atom is 0.0834 e. The van der Waals surface area contributed by atoms with Gasteiger partial charge in [-0.05, 0) is 6.42 Å². The molecule has 0 spiro atoms. The van der Waals surface area contributed by atoms with Crippen molar-refractivity contribution in [2.45, 2.75) is 25.0 Å². The average molecular weight is 128 g/mol. The molecule has 1 saturated heterocycles. The molecule has 1 fully saturated rings. The largest absolute Gasteiger partial charge is 0.393 e. The van der Waals surface area contributed by atoms with E-state index in [1.807, 2.05) is 0 Å². The average Bonchev–Trinajstić information content (AvgIpc) is 2.50. The zero-order valence-corrected chi connectivity index (χ0v) is 5.42. The Morgan fingerprint density at radius 1 is 1.89 bits per heavy atom. The van der Waals surface area contributed by atoms with Crippen molar-refractivity contribution in [3.8, 4) is 0 Å². The van der Waals surface area contributed by atoms with Crippen molar-refractivity contribution >= 4 is 0 Å². The monoisotopic (exact) mass is 128 g/mol. The molecule has 0 amide bonds. The highest BCUT2D eigenvalue weighted by molar-refractivity contribution is 4.78. The van der Waals surface area contributed by atoms with E-state index in [4.69, 9.17) is 9.84 Å². The summed E-state index contributed by atoms with van der Waals surface area (Å²) in [5.41, 5.74) is 0. The van der Waals surface area contributed by atoms with Crippen LogP contribution in [0.25, 0.3) is 0 Å². The minimum atomic E-state index is -0.241. The zero-order valence-electron chi connectivity index (χ0n) is 5.42. The molecule has 0 aliphatic carbocycles. The summed E-state index contributed by atoms with van der Waals surface area (Å²) in [6, 6.07) is 0. The Hall–Kier alpha value is -0.340. The SMILES string of the molecule is C=CC[C@H](O)C[C@H]1CO1. The summed E-state index contributed by atoms with van der Waals surface area (Å²) < 4.78 is 4.93. The van der Waals surface area contributed by atoms with Gasteiger partial charge < -0.3 is 9.84 Å². The molecule has 1 N–H and O–H groups in total. The van der Waals surface area contributed by atoms with Gasteiger partial charge in [-0.25, -0.2) is 0 Å². The lowest BCUT2D eigenvalue weighted by Gasteiger charge is -2.02. The molecule has 0 aromatic heterocycles. The lowest BCUT2D eigenvalue weighted by molar-refractivity contribution is 0.155. The molecule has 0 aromatic carbocycles. The topological polar surface area (TPSA) is 32.8 Å². The third-order valence-corrected chi connectivity index (χ3v) is 1.38. The first-order valence-electron chi connectivity index (χ1n) is 3.23. The molecule has 0 unspecified atom stereocenters. The second-order valence-corrected chi connectivity index (χ2v) is 2.37. The highest BCUT2D eigenvalue weighted by Gasteiger charge is 2.24. The van der Waals surface area contributed by atoms with Crippen LogP contribution in [-0.4, -0.2) is 23.9 Å². The Morgan fingerprint density at radius 2 is 2.56 bits per heavy atom. The maximum absolute atomic E-state index is 9.11. The molecule has 0 bridgehead atoms. The minimum absolute atomic E-state index is 0.241. The van der Waals surface area contributed by atoms with Crippen molar-refractivity contribution in [3.05, 3.63) is 12.7 Å². The summed E-state index contributed by atoms with van der Waals surface area (Å²) in [5.74, 6) is 0. The number of hydrogen-bond donors (Lipinski definition) is 1. The molecule has 2 atom stereocenters. The zero-order chi connectivity index (χ0) is 6.69. The number of aliphatic hydroxyl groups excluding tert-OH is 1. The van der Waals surface area contributed by atoms with Crippen molar-refractivity contribution in [1.82, 2.24) is 0 Å². The number of hydrogen-bond acceptors (Lipinski definition) is 2. The molecule has 1 aliphatic heterocycles. The molecule has 0 aromatic rings. The fourth-order valence-corrected chi connectivity index (χ4v) is 0.796. The van der Waals surface area contributed by atoms with Gasteiger partial charge in [0.1, 0.15) is 0 Å². The molecule has 2 nitrogen and oxygen atoms in total. The van der Waals surface area contributed by atoms with E-state index < -0.39 is 0 Å². The van der Waals surface area contributed by atoms with Crippen molar-refractivity contribution in [3.63, 3.8) is 0 Å². The summed E-state index contributed by atoms with van der Waals surface area (Å²) in [4.78, 5) is 0. The summed E-state index contributed by atoms with van der Waals surface area (Å²) in [6.45, 7) is 4.36. The second kappa shape index (κ2) is 2.99. The van der Waals surface area contributed by atoms with Gasteiger partial charge >= 0.3 is 0 Å². The molecule has 1 heterocycles. The lowest BCUT2D eigenvalue weighted by atomic mass is 10.1. The van der Waals surface area contributed by atoms with Gasteiger partial charge in [-0.1, -0.05) is 6.08 Å². The molecule has 9 heavy (non-hydrogen) atoms.